The summed E-state index contributed by atoms with van der Waals surface area (Å²) in [4.78, 5) is 4.30. The van der Waals surface area contributed by atoms with Gasteiger partial charge < -0.3 is 4.42 Å². The number of pyridine rings is 1. The molecule has 0 saturated carbocycles. The first-order chi connectivity index (χ1) is 7.45. The highest BCUT2D eigenvalue weighted by molar-refractivity contribution is 5.91. The molecule has 0 aliphatic heterocycles. The number of nitrogens with zero attached hydrogens (tertiary/aromatic N) is 1. The molecule has 1 aromatic carbocycles. The zero-order valence-electron chi connectivity index (χ0n) is 7.97. The third-order valence-electron chi connectivity index (χ3n) is 2.36. The van der Waals surface area contributed by atoms with Crippen LogP contribution in [0.5, 0.6) is 0 Å². The Morgan fingerprint density at radius 2 is 2.07 bits per heavy atom. The number of para-hydroxylation sites is 1. The standard InChI is InChI=1S/C13H8NO/c1-2-8-14-12(6-1)11-5-3-4-10-7-9-15-13(10)11/h1-8H. The van der Waals surface area contributed by atoms with Gasteiger partial charge in [-0.2, -0.15) is 0 Å². The van der Waals surface area contributed by atoms with Crippen LogP contribution in [-0.4, -0.2) is 4.98 Å². The summed E-state index contributed by atoms with van der Waals surface area (Å²) >= 11 is 0. The lowest BCUT2D eigenvalue weighted by Gasteiger charge is -2.00. The smallest absolute Gasteiger partial charge is 0.170 e. The highest BCUT2D eigenvalue weighted by Crippen LogP contribution is 2.27. The predicted molar refractivity (Wildman–Crippen MR) is 58.3 cm³/mol. The van der Waals surface area contributed by atoms with Crippen LogP contribution >= 0.6 is 0 Å². The zero-order chi connectivity index (χ0) is 10.1. The summed E-state index contributed by atoms with van der Waals surface area (Å²) in [5.41, 5.74) is 2.78. The molecule has 1 radical (unpaired) electrons. The number of benzene rings is 1. The first-order valence-corrected chi connectivity index (χ1v) is 4.75. The van der Waals surface area contributed by atoms with Crippen LogP contribution in [0.25, 0.3) is 22.2 Å². The molecule has 2 nitrogen and oxygen atoms in total. The van der Waals surface area contributed by atoms with Crippen molar-refractivity contribution in [2.24, 2.45) is 0 Å². The third-order valence-corrected chi connectivity index (χ3v) is 2.36. The third kappa shape index (κ3) is 1.31. The maximum atomic E-state index is 5.34. The summed E-state index contributed by atoms with van der Waals surface area (Å²) in [6.45, 7) is 0. The molecule has 2 aromatic heterocycles. The summed E-state index contributed by atoms with van der Waals surface area (Å²) in [5.74, 6) is 0. The summed E-state index contributed by atoms with van der Waals surface area (Å²) in [7, 11) is 0. The minimum absolute atomic E-state index is 0.844. The molecule has 3 rings (SSSR count). The molecule has 0 bridgehead atoms. The van der Waals surface area contributed by atoms with Gasteiger partial charge in [0.1, 0.15) is 5.58 Å². The van der Waals surface area contributed by atoms with E-state index in [9.17, 15) is 0 Å². The van der Waals surface area contributed by atoms with Gasteiger partial charge in [-0.05, 0) is 24.3 Å². The largest absolute Gasteiger partial charge is 0.452 e. The van der Waals surface area contributed by atoms with Crippen molar-refractivity contribution in [2.45, 2.75) is 0 Å². The fraction of sp³-hybridized carbons (Fsp3) is 0. The lowest BCUT2D eigenvalue weighted by atomic mass is 10.1. The summed E-state index contributed by atoms with van der Waals surface area (Å²) in [6.07, 6.45) is 4.52. The van der Waals surface area contributed by atoms with Gasteiger partial charge in [0.05, 0.1) is 5.69 Å². The predicted octanol–water partition coefficient (Wildman–Crippen LogP) is 3.29. The maximum absolute atomic E-state index is 5.34. The fourth-order valence-electron chi connectivity index (χ4n) is 1.66. The number of fused-ring (bicyclic) bond motifs is 1. The molecule has 2 heteroatoms. The minimum atomic E-state index is 0.844. The Hall–Kier alpha value is -2.09. The van der Waals surface area contributed by atoms with Crippen LogP contribution in [0, 0.1) is 6.26 Å². The lowest BCUT2D eigenvalue weighted by molar-refractivity contribution is 0.607. The zero-order valence-corrected chi connectivity index (χ0v) is 7.97. The molecule has 0 fully saturated rings. The number of aromatic nitrogens is 1. The molecule has 3 aromatic rings. The van der Waals surface area contributed by atoms with Gasteiger partial charge in [-0.25, -0.2) is 0 Å². The molecule has 0 aliphatic rings. The Balaban J connectivity index is 2.31. The van der Waals surface area contributed by atoms with E-state index in [4.69, 9.17) is 4.42 Å². The Bertz CT molecular complexity index is 584. The van der Waals surface area contributed by atoms with Gasteiger partial charge in [0.25, 0.3) is 0 Å². The van der Waals surface area contributed by atoms with E-state index < -0.39 is 0 Å². The second-order valence-corrected chi connectivity index (χ2v) is 3.30. The monoisotopic (exact) mass is 194 g/mol. The average molecular weight is 194 g/mol. The topological polar surface area (TPSA) is 26.0 Å². The van der Waals surface area contributed by atoms with Crippen molar-refractivity contribution >= 4 is 11.0 Å². The highest BCUT2D eigenvalue weighted by atomic mass is 16.3. The molecule has 15 heavy (non-hydrogen) atoms. The molecule has 0 saturated heterocycles. The molecular formula is C13H8NO. The van der Waals surface area contributed by atoms with E-state index >= 15 is 0 Å². The second-order valence-electron chi connectivity index (χ2n) is 3.30. The van der Waals surface area contributed by atoms with Crippen LogP contribution in [0.2, 0.25) is 0 Å². The molecule has 0 spiro atoms. The van der Waals surface area contributed by atoms with Crippen LogP contribution in [0.4, 0.5) is 0 Å². The van der Waals surface area contributed by atoms with Gasteiger partial charge in [0.15, 0.2) is 6.26 Å². The normalized spacial score (nSPS) is 10.7. The van der Waals surface area contributed by atoms with E-state index in [1.807, 2.05) is 42.5 Å². The van der Waals surface area contributed by atoms with E-state index in [2.05, 4.69) is 11.2 Å². The molecule has 2 heterocycles. The van der Waals surface area contributed by atoms with E-state index in [0.717, 1.165) is 22.2 Å². The van der Waals surface area contributed by atoms with Gasteiger partial charge in [-0.15, -0.1) is 0 Å². The Morgan fingerprint density at radius 1 is 1.07 bits per heavy atom. The van der Waals surface area contributed by atoms with Crippen LogP contribution in [0.1, 0.15) is 0 Å². The molecule has 0 unspecified atom stereocenters. The number of furan rings is 1. The van der Waals surface area contributed by atoms with Crippen LogP contribution in [-0.2, 0) is 0 Å². The van der Waals surface area contributed by atoms with Crippen LogP contribution < -0.4 is 0 Å². The number of hydrogen-bond donors (Lipinski definition) is 0. The van der Waals surface area contributed by atoms with E-state index in [-0.39, 0.29) is 0 Å². The number of rotatable bonds is 1. The van der Waals surface area contributed by atoms with Crippen molar-refractivity contribution in [1.82, 2.24) is 4.98 Å². The first-order valence-electron chi connectivity index (χ1n) is 4.75. The molecular weight excluding hydrogens is 186 g/mol. The van der Waals surface area contributed by atoms with Crippen molar-refractivity contribution in [3.05, 3.63) is 54.9 Å². The van der Waals surface area contributed by atoms with Crippen molar-refractivity contribution in [2.75, 3.05) is 0 Å². The minimum Gasteiger partial charge on any atom is -0.452 e. The summed E-state index contributed by atoms with van der Waals surface area (Å²) < 4.78 is 5.34. The number of hydrogen-bond acceptors (Lipinski definition) is 2. The Labute approximate surface area is 87.2 Å². The average Bonchev–Trinajstić information content (AvgIpc) is 2.78. The summed E-state index contributed by atoms with van der Waals surface area (Å²) in [6, 6.07) is 13.7. The van der Waals surface area contributed by atoms with Crippen molar-refractivity contribution in [1.29, 1.82) is 0 Å². The molecule has 0 amide bonds. The second kappa shape index (κ2) is 3.24. The maximum Gasteiger partial charge on any atom is 0.170 e. The van der Waals surface area contributed by atoms with E-state index in [1.165, 1.54) is 0 Å². The SMILES string of the molecule is [c]1cc2cccc(-c3ccccn3)c2o1. The van der Waals surface area contributed by atoms with Crippen molar-refractivity contribution in [3.8, 4) is 11.3 Å². The van der Waals surface area contributed by atoms with Gasteiger partial charge in [0.2, 0.25) is 0 Å². The van der Waals surface area contributed by atoms with Gasteiger partial charge >= 0.3 is 0 Å². The molecule has 0 atom stereocenters. The highest BCUT2D eigenvalue weighted by Gasteiger charge is 2.06. The van der Waals surface area contributed by atoms with E-state index in [0.29, 0.717) is 0 Å². The Kier molecular flexibility index (Phi) is 1.78. The van der Waals surface area contributed by atoms with Gasteiger partial charge in [0, 0.05) is 17.1 Å². The molecule has 71 valence electrons. The molecule has 0 aliphatic carbocycles. The van der Waals surface area contributed by atoms with Crippen molar-refractivity contribution < 1.29 is 4.42 Å². The first kappa shape index (κ1) is 8.24. The lowest BCUT2D eigenvalue weighted by Crippen LogP contribution is -1.81. The van der Waals surface area contributed by atoms with Gasteiger partial charge in [-0.3, -0.25) is 4.98 Å². The van der Waals surface area contributed by atoms with E-state index in [1.54, 1.807) is 6.20 Å². The van der Waals surface area contributed by atoms with Gasteiger partial charge in [-0.1, -0.05) is 18.2 Å². The Morgan fingerprint density at radius 3 is 2.93 bits per heavy atom. The van der Waals surface area contributed by atoms with Crippen LogP contribution in [0.3, 0.4) is 0 Å². The van der Waals surface area contributed by atoms with Crippen LogP contribution in [0.15, 0.2) is 53.1 Å². The quantitative estimate of drug-likeness (QED) is 0.594. The molecule has 0 N–H and O–H groups in total. The fourth-order valence-corrected chi connectivity index (χ4v) is 1.66. The van der Waals surface area contributed by atoms with Crippen molar-refractivity contribution in [3.63, 3.8) is 0 Å². The summed E-state index contributed by atoms with van der Waals surface area (Å²) in [5, 5.41) is 1.05.